The Kier molecular flexibility index (Phi) is 5.30. The van der Waals surface area contributed by atoms with E-state index in [1.807, 2.05) is 0 Å². The molecule has 1 rings (SSSR count). The highest BCUT2D eigenvalue weighted by Crippen LogP contribution is 2.27. The van der Waals surface area contributed by atoms with Crippen LogP contribution in [0.3, 0.4) is 0 Å². The molecule has 0 aliphatic heterocycles. The minimum Gasteiger partial charge on any atom is -0.310 e. The Morgan fingerprint density at radius 1 is 1.13 bits per heavy atom. The molecule has 0 aromatic heterocycles. The highest BCUT2D eigenvalue weighted by atomic mass is 79.9. The zero-order chi connectivity index (χ0) is 11.4. The summed E-state index contributed by atoms with van der Waals surface area (Å²) in [6.07, 6.45) is 0. The number of rotatable bonds is 4. The Balaban J connectivity index is 2.99. The number of nitrogens with one attached hydrogen (secondary N) is 1. The van der Waals surface area contributed by atoms with Crippen LogP contribution < -0.4 is 5.32 Å². The Morgan fingerprint density at radius 3 is 2.07 bits per heavy atom. The molecular formula is C12H17Br2N. The molecule has 1 N–H and O–H groups in total. The third kappa shape index (κ3) is 3.89. The van der Waals surface area contributed by atoms with Crippen molar-refractivity contribution in [3.05, 3.63) is 32.7 Å². The van der Waals surface area contributed by atoms with Crippen molar-refractivity contribution in [1.82, 2.24) is 5.32 Å². The molecule has 0 bridgehead atoms. The lowest BCUT2D eigenvalue weighted by molar-refractivity contribution is 0.421. The van der Waals surface area contributed by atoms with E-state index in [0.717, 1.165) is 15.5 Å². The molecular weight excluding hydrogens is 318 g/mol. The first-order chi connectivity index (χ1) is 7.04. The normalized spacial score (nSPS) is 13.2. The van der Waals surface area contributed by atoms with Gasteiger partial charge in [0.2, 0.25) is 0 Å². The summed E-state index contributed by atoms with van der Waals surface area (Å²) in [5, 5.41) is 3.51. The van der Waals surface area contributed by atoms with Crippen molar-refractivity contribution in [1.29, 1.82) is 0 Å². The molecule has 0 saturated heterocycles. The molecule has 84 valence electrons. The summed E-state index contributed by atoms with van der Waals surface area (Å²) in [6, 6.07) is 6.84. The SMILES string of the molecule is CCNC(c1cc(Br)cc(Br)c1)C(C)C. The van der Waals surface area contributed by atoms with E-state index in [9.17, 15) is 0 Å². The van der Waals surface area contributed by atoms with E-state index in [1.165, 1.54) is 5.56 Å². The molecule has 1 nitrogen and oxygen atoms in total. The number of halogens is 2. The maximum absolute atomic E-state index is 3.52. The number of hydrogen-bond donors (Lipinski definition) is 1. The van der Waals surface area contributed by atoms with Crippen LogP contribution in [0, 0.1) is 5.92 Å². The molecule has 0 aliphatic carbocycles. The van der Waals surface area contributed by atoms with E-state index in [0.29, 0.717) is 12.0 Å². The predicted octanol–water partition coefficient (Wildman–Crippen LogP) is 4.52. The Hall–Kier alpha value is 0.140. The van der Waals surface area contributed by atoms with Crippen molar-refractivity contribution < 1.29 is 0 Å². The largest absolute Gasteiger partial charge is 0.310 e. The number of benzene rings is 1. The third-order valence-corrected chi connectivity index (χ3v) is 3.25. The molecule has 1 aromatic rings. The van der Waals surface area contributed by atoms with Crippen LogP contribution in [0.25, 0.3) is 0 Å². The van der Waals surface area contributed by atoms with Gasteiger partial charge in [0.15, 0.2) is 0 Å². The van der Waals surface area contributed by atoms with Crippen LogP contribution >= 0.6 is 31.9 Å². The van der Waals surface area contributed by atoms with Gasteiger partial charge in [-0.05, 0) is 36.2 Å². The fraction of sp³-hybridized carbons (Fsp3) is 0.500. The van der Waals surface area contributed by atoms with Gasteiger partial charge in [0.25, 0.3) is 0 Å². The molecule has 1 atom stereocenters. The second-order valence-electron chi connectivity index (χ2n) is 3.98. The van der Waals surface area contributed by atoms with Crippen molar-refractivity contribution in [2.75, 3.05) is 6.54 Å². The maximum Gasteiger partial charge on any atom is 0.0344 e. The van der Waals surface area contributed by atoms with E-state index in [-0.39, 0.29) is 0 Å². The summed E-state index contributed by atoms with van der Waals surface area (Å²) in [5.41, 5.74) is 1.33. The smallest absolute Gasteiger partial charge is 0.0344 e. The van der Waals surface area contributed by atoms with Crippen molar-refractivity contribution in [3.8, 4) is 0 Å². The van der Waals surface area contributed by atoms with Gasteiger partial charge in [-0.3, -0.25) is 0 Å². The quantitative estimate of drug-likeness (QED) is 0.853. The standard InChI is InChI=1S/C12H17Br2N/c1-4-15-12(8(2)3)9-5-10(13)7-11(14)6-9/h5-8,12,15H,4H2,1-3H3. The first-order valence-corrected chi connectivity index (χ1v) is 6.82. The van der Waals surface area contributed by atoms with E-state index in [2.05, 4.69) is 76.1 Å². The molecule has 0 spiro atoms. The first-order valence-electron chi connectivity index (χ1n) is 5.24. The fourth-order valence-corrected chi connectivity index (χ4v) is 3.04. The lowest BCUT2D eigenvalue weighted by Gasteiger charge is -2.22. The van der Waals surface area contributed by atoms with Gasteiger partial charge in [-0.1, -0.05) is 52.6 Å². The fourth-order valence-electron chi connectivity index (χ4n) is 1.71. The zero-order valence-electron chi connectivity index (χ0n) is 9.35. The molecule has 3 heteroatoms. The molecule has 0 radical (unpaired) electrons. The van der Waals surface area contributed by atoms with Gasteiger partial charge in [0, 0.05) is 15.0 Å². The van der Waals surface area contributed by atoms with Gasteiger partial charge in [0.05, 0.1) is 0 Å². The van der Waals surface area contributed by atoms with Crippen LogP contribution in [0.2, 0.25) is 0 Å². The summed E-state index contributed by atoms with van der Waals surface area (Å²) in [7, 11) is 0. The van der Waals surface area contributed by atoms with Crippen LogP contribution in [0.5, 0.6) is 0 Å². The highest BCUT2D eigenvalue weighted by Gasteiger charge is 2.15. The summed E-state index contributed by atoms with van der Waals surface area (Å²) in [5.74, 6) is 0.589. The van der Waals surface area contributed by atoms with Gasteiger partial charge in [-0.25, -0.2) is 0 Å². The van der Waals surface area contributed by atoms with Crippen LogP contribution in [-0.2, 0) is 0 Å². The minimum atomic E-state index is 0.420. The van der Waals surface area contributed by atoms with Crippen LogP contribution in [0.1, 0.15) is 32.4 Å². The van der Waals surface area contributed by atoms with Gasteiger partial charge >= 0.3 is 0 Å². The van der Waals surface area contributed by atoms with Gasteiger partial charge in [0.1, 0.15) is 0 Å². The monoisotopic (exact) mass is 333 g/mol. The Labute approximate surface area is 109 Å². The molecule has 0 aliphatic rings. The topological polar surface area (TPSA) is 12.0 Å². The summed E-state index contributed by atoms with van der Waals surface area (Å²) in [6.45, 7) is 7.61. The second-order valence-corrected chi connectivity index (χ2v) is 5.81. The molecule has 0 fully saturated rings. The average molecular weight is 335 g/mol. The van der Waals surface area contributed by atoms with Crippen LogP contribution in [0.15, 0.2) is 27.1 Å². The highest BCUT2D eigenvalue weighted by molar-refractivity contribution is 9.11. The lowest BCUT2D eigenvalue weighted by atomic mass is 9.96. The van der Waals surface area contributed by atoms with E-state index in [4.69, 9.17) is 0 Å². The summed E-state index contributed by atoms with van der Waals surface area (Å²) < 4.78 is 2.24. The second kappa shape index (κ2) is 6.02. The van der Waals surface area contributed by atoms with E-state index in [1.54, 1.807) is 0 Å². The summed E-state index contributed by atoms with van der Waals surface area (Å²) in [4.78, 5) is 0. The van der Waals surface area contributed by atoms with Crippen molar-refractivity contribution >= 4 is 31.9 Å². The van der Waals surface area contributed by atoms with Crippen LogP contribution in [-0.4, -0.2) is 6.54 Å². The molecule has 1 aromatic carbocycles. The number of hydrogen-bond acceptors (Lipinski definition) is 1. The minimum absolute atomic E-state index is 0.420. The van der Waals surface area contributed by atoms with Gasteiger partial charge in [-0.2, -0.15) is 0 Å². The average Bonchev–Trinajstić information content (AvgIpc) is 2.11. The Morgan fingerprint density at radius 2 is 1.67 bits per heavy atom. The summed E-state index contributed by atoms with van der Waals surface area (Å²) >= 11 is 7.05. The molecule has 1 unspecified atom stereocenters. The van der Waals surface area contributed by atoms with Crippen molar-refractivity contribution in [3.63, 3.8) is 0 Å². The maximum atomic E-state index is 3.52. The van der Waals surface area contributed by atoms with Gasteiger partial charge < -0.3 is 5.32 Å². The van der Waals surface area contributed by atoms with E-state index < -0.39 is 0 Å². The van der Waals surface area contributed by atoms with E-state index >= 15 is 0 Å². The molecule has 0 amide bonds. The predicted molar refractivity (Wildman–Crippen MR) is 73.1 cm³/mol. The lowest BCUT2D eigenvalue weighted by Crippen LogP contribution is -2.25. The third-order valence-electron chi connectivity index (χ3n) is 2.33. The molecule has 15 heavy (non-hydrogen) atoms. The van der Waals surface area contributed by atoms with Gasteiger partial charge in [-0.15, -0.1) is 0 Å². The van der Waals surface area contributed by atoms with Crippen molar-refractivity contribution in [2.45, 2.75) is 26.8 Å². The Bertz CT molecular complexity index is 303. The van der Waals surface area contributed by atoms with Crippen LogP contribution in [0.4, 0.5) is 0 Å². The first kappa shape index (κ1) is 13.2. The van der Waals surface area contributed by atoms with Crippen molar-refractivity contribution in [2.24, 2.45) is 5.92 Å². The molecule has 0 heterocycles. The zero-order valence-corrected chi connectivity index (χ0v) is 12.5. The molecule has 0 saturated carbocycles.